The smallest absolute Gasteiger partial charge is 0.167 e. The van der Waals surface area contributed by atoms with E-state index in [4.69, 9.17) is 4.74 Å². The summed E-state index contributed by atoms with van der Waals surface area (Å²) in [4.78, 5) is 14.7. The van der Waals surface area contributed by atoms with Crippen LogP contribution in [0.2, 0.25) is 0 Å². The summed E-state index contributed by atoms with van der Waals surface area (Å²) >= 11 is 0. The molecule has 0 aliphatic carbocycles. The van der Waals surface area contributed by atoms with Crippen LogP contribution in [0.25, 0.3) is 0 Å². The Morgan fingerprint density at radius 2 is 1.92 bits per heavy atom. The summed E-state index contributed by atoms with van der Waals surface area (Å²) in [6, 6.07) is 0. The fourth-order valence-corrected chi connectivity index (χ4v) is 1.09. The second kappa shape index (κ2) is 4.03. The SMILES string of the molecule is CC(=O)COc1c(C)cncc1C. The zero-order chi connectivity index (χ0) is 9.84. The van der Waals surface area contributed by atoms with Crippen molar-refractivity contribution in [3.63, 3.8) is 0 Å². The first-order valence-electron chi connectivity index (χ1n) is 4.14. The number of nitrogens with zero attached hydrogens (tertiary/aromatic N) is 1. The Hall–Kier alpha value is -1.38. The third-order valence-corrected chi connectivity index (χ3v) is 1.67. The van der Waals surface area contributed by atoms with Gasteiger partial charge in [0.05, 0.1) is 0 Å². The van der Waals surface area contributed by atoms with E-state index in [9.17, 15) is 4.79 Å². The molecule has 0 saturated heterocycles. The zero-order valence-electron chi connectivity index (χ0n) is 8.13. The highest BCUT2D eigenvalue weighted by Gasteiger charge is 2.04. The van der Waals surface area contributed by atoms with Gasteiger partial charge in [0.25, 0.3) is 0 Å². The monoisotopic (exact) mass is 179 g/mol. The molecule has 13 heavy (non-hydrogen) atoms. The lowest BCUT2D eigenvalue weighted by Crippen LogP contribution is -2.08. The molecule has 0 aliphatic rings. The first-order valence-corrected chi connectivity index (χ1v) is 4.14. The Morgan fingerprint density at radius 3 is 2.38 bits per heavy atom. The molecule has 0 aliphatic heterocycles. The number of Topliss-reactive ketones (excluding diaryl/α,β-unsaturated/α-hetero) is 1. The molecule has 0 spiro atoms. The van der Waals surface area contributed by atoms with Crippen LogP contribution in [0.15, 0.2) is 12.4 Å². The molecule has 0 aromatic carbocycles. The summed E-state index contributed by atoms with van der Waals surface area (Å²) in [5.41, 5.74) is 1.92. The second-order valence-electron chi connectivity index (χ2n) is 3.09. The molecule has 0 atom stereocenters. The number of aryl methyl sites for hydroxylation is 2. The topological polar surface area (TPSA) is 39.2 Å². The van der Waals surface area contributed by atoms with Crippen LogP contribution in [-0.2, 0) is 4.79 Å². The van der Waals surface area contributed by atoms with Crippen LogP contribution in [0.5, 0.6) is 5.75 Å². The van der Waals surface area contributed by atoms with Gasteiger partial charge in [-0.2, -0.15) is 0 Å². The van der Waals surface area contributed by atoms with E-state index in [1.165, 1.54) is 6.92 Å². The van der Waals surface area contributed by atoms with Crippen molar-refractivity contribution in [3.05, 3.63) is 23.5 Å². The lowest BCUT2D eigenvalue weighted by Gasteiger charge is -2.09. The molecule has 3 heteroatoms. The van der Waals surface area contributed by atoms with Crippen LogP contribution in [0.4, 0.5) is 0 Å². The van der Waals surface area contributed by atoms with Gasteiger partial charge in [0.2, 0.25) is 0 Å². The fourth-order valence-electron chi connectivity index (χ4n) is 1.09. The van der Waals surface area contributed by atoms with Gasteiger partial charge < -0.3 is 4.74 Å². The summed E-state index contributed by atoms with van der Waals surface area (Å²) in [6.07, 6.45) is 3.45. The standard InChI is InChI=1S/C10H13NO2/c1-7-4-11-5-8(2)10(7)13-6-9(3)12/h4-5H,6H2,1-3H3. The van der Waals surface area contributed by atoms with Crippen LogP contribution in [0.3, 0.4) is 0 Å². The summed E-state index contributed by atoms with van der Waals surface area (Å²) in [7, 11) is 0. The average molecular weight is 179 g/mol. The van der Waals surface area contributed by atoms with Gasteiger partial charge in [-0.1, -0.05) is 0 Å². The molecule has 3 nitrogen and oxygen atoms in total. The number of hydrogen-bond acceptors (Lipinski definition) is 3. The number of ether oxygens (including phenoxy) is 1. The van der Waals surface area contributed by atoms with Crippen molar-refractivity contribution in [2.24, 2.45) is 0 Å². The van der Waals surface area contributed by atoms with Gasteiger partial charge in [0.1, 0.15) is 12.4 Å². The quantitative estimate of drug-likeness (QED) is 0.708. The summed E-state index contributed by atoms with van der Waals surface area (Å²) in [6.45, 7) is 5.46. The third-order valence-electron chi connectivity index (χ3n) is 1.67. The van der Waals surface area contributed by atoms with E-state index in [-0.39, 0.29) is 12.4 Å². The number of rotatable bonds is 3. The number of hydrogen-bond donors (Lipinski definition) is 0. The van der Waals surface area contributed by atoms with E-state index in [0.29, 0.717) is 0 Å². The molecule has 0 saturated carbocycles. The van der Waals surface area contributed by atoms with E-state index in [2.05, 4.69) is 4.98 Å². The lowest BCUT2D eigenvalue weighted by molar-refractivity contribution is -0.118. The Labute approximate surface area is 77.8 Å². The van der Waals surface area contributed by atoms with Gasteiger partial charge in [0.15, 0.2) is 5.78 Å². The molecule has 1 aromatic heterocycles. The van der Waals surface area contributed by atoms with Crippen LogP contribution in [-0.4, -0.2) is 17.4 Å². The van der Waals surface area contributed by atoms with Crippen LogP contribution < -0.4 is 4.74 Å². The Morgan fingerprint density at radius 1 is 1.38 bits per heavy atom. The lowest BCUT2D eigenvalue weighted by atomic mass is 10.2. The van der Waals surface area contributed by atoms with Gasteiger partial charge in [-0.25, -0.2) is 0 Å². The van der Waals surface area contributed by atoms with Crippen molar-refractivity contribution >= 4 is 5.78 Å². The molecule has 1 heterocycles. The van der Waals surface area contributed by atoms with E-state index in [1.54, 1.807) is 12.4 Å². The molecule has 0 radical (unpaired) electrons. The summed E-state index contributed by atoms with van der Waals surface area (Å²) < 4.78 is 5.34. The van der Waals surface area contributed by atoms with Crippen molar-refractivity contribution in [2.75, 3.05) is 6.61 Å². The molecular weight excluding hydrogens is 166 g/mol. The van der Waals surface area contributed by atoms with Gasteiger partial charge in [0, 0.05) is 23.5 Å². The van der Waals surface area contributed by atoms with Crippen molar-refractivity contribution in [3.8, 4) is 5.75 Å². The number of pyridine rings is 1. The maximum Gasteiger partial charge on any atom is 0.167 e. The van der Waals surface area contributed by atoms with Crippen molar-refractivity contribution in [2.45, 2.75) is 20.8 Å². The molecule has 1 rings (SSSR count). The Bertz CT molecular complexity index is 300. The number of aromatic nitrogens is 1. The Kier molecular flexibility index (Phi) is 3.01. The highest BCUT2D eigenvalue weighted by molar-refractivity contribution is 5.77. The molecule has 70 valence electrons. The minimum atomic E-state index is 0.0237. The predicted molar refractivity (Wildman–Crippen MR) is 49.9 cm³/mol. The zero-order valence-corrected chi connectivity index (χ0v) is 8.13. The van der Waals surface area contributed by atoms with E-state index in [1.807, 2.05) is 13.8 Å². The van der Waals surface area contributed by atoms with E-state index >= 15 is 0 Å². The van der Waals surface area contributed by atoms with Crippen molar-refractivity contribution in [1.82, 2.24) is 4.98 Å². The third kappa shape index (κ3) is 2.54. The number of ketones is 1. The van der Waals surface area contributed by atoms with Crippen LogP contribution in [0.1, 0.15) is 18.1 Å². The average Bonchev–Trinajstić information content (AvgIpc) is 2.03. The van der Waals surface area contributed by atoms with Gasteiger partial charge in [-0.05, 0) is 20.8 Å². The summed E-state index contributed by atoms with van der Waals surface area (Å²) in [5, 5.41) is 0. The van der Waals surface area contributed by atoms with E-state index in [0.717, 1.165) is 16.9 Å². The highest BCUT2D eigenvalue weighted by Crippen LogP contribution is 2.20. The fraction of sp³-hybridized carbons (Fsp3) is 0.400. The predicted octanol–water partition coefficient (Wildman–Crippen LogP) is 1.67. The minimum absolute atomic E-state index is 0.0237. The first kappa shape index (κ1) is 9.71. The molecular formula is C10H13NO2. The molecule has 0 unspecified atom stereocenters. The largest absolute Gasteiger partial charge is 0.485 e. The number of carbonyl (C=O) groups excluding carboxylic acids is 1. The van der Waals surface area contributed by atoms with Gasteiger partial charge in [-0.3, -0.25) is 9.78 Å². The van der Waals surface area contributed by atoms with Crippen LogP contribution >= 0.6 is 0 Å². The van der Waals surface area contributed by atoms with Crippen LogP contribution in [0, 0.1) is 13.8 Å². The Balaban J connectivity index is 2.81. The molecule has 0 N–H and O–H groups in total. The molecule has 0 fully saturated rings. The molecule has 1 aromatic rings. The summed E-state index contributed by atoms with van der Waals surface area (Å²) in [5.74, 6) is 0.792. The molecule has 0 bridgehead atoms. The molecule has 0 amide bonds. The van der Waals surface area contributed by atoms with E-state index < -0.39 is 0 Å². The maximum absolute atomic E-state index is 10.7. The van der Waals surface area contributed by atoms with Gasteiger partial charge >= 0.3 is 0 Å². The minimum Gasteiger partial charge on any atom is -0.485 e. The normalized spacial score (nSPS) is 9.77. The van der Waals surface area contributed by atoms with Crippen molar-refractivity contribution in [1.29, 1.82) is 0 Å². The number of carbonyl (C=O) groups is 1. The highest BCUT2D eigenvalue weighted by atomic mass is 16.5. The van der Waals surface area contributed by atoms with Crippen molar-refractivity contribution < 1.29 is 9.53 Å². The van der Waals surface area contributed by atoms with Gasteiger partial charge in [-0.15, -0.1) is 0 Å². The maximum atomic E-state index is 10.7. The second-order valence-corrected chi connectivity index (χ2v) is 3.09. The first-order chi connectivity index (χ1) is 6.11.